The Bertz CT molecular complexity index is 759. The van der Waals surface area contributed by atoms with Crippen LogP contribution in [0, 0.1) is 0 Å². The number of hydrogen-bond acceptors (Lipinski definition) is 3. The molecular weight excluding hydrogens is 344 g/mol. The summed E-state index contributed by atoms with van der Waals surface area (Å²) in [6, 6.07) is 15.5. The number of carbonyl (C=O) groups is 2. The lowest BCUT2D eigenvalue weighted by Gasteiger charge is -2.18. The molecule has 2 aromatic rings. The third-order valence-electron chi connectivity index (χ3n) is 4.22. The molecule has 0 radical (unpaired) electrons. The summed E-state index contributed by atoms with van der Waals surface area (Å²) in [6.07, 6.45) is 1.03. The molecule has 0 aliphatic heterocycles. The first-order valence-electron chi connectivity index (χ1n) is 8.84. The van der Waals surface area contributed by atoms with Crippen molar-refractivity contribution in [2.24, 2.45) is 0 Å². The highest BCUT2D eigenvalue weighted by Gasteiger charge is 2.17. The molecule has 2 amide bonds. The standard InChI is InChI=1S/C21H26N2O2S/c1-5-14(2)19-8-6-7-9-20(19)23-21(25)15(3)26-18-12-10-17(11-13-18)22-16(4)24/h6-15H,5H2,1-4H3,(H,22,24)(H,23,25)/t14-,15+/m1/s1. The van der Waals surface area contributed by atoms with E-state index in [1.54, 1.807) is 0 Å². The molecule has 2 N–H and O–H groups in total. The number of anilines is 2. The molecule has 0 saturated carbocycles. The van der Waals surface area contributed by atoms with E-state index in [1.165, 1.54) is 24.2 Å². The summed E-state index contributed by atoms with van der Waals surface area (Å²) in [5, 5.41) is 5.57. The molecular formula is C21H26N2O2S. The van der Waals surface area contributed by atoms with Gasteiger partial charge in [-0.2, -0.15) is 0 Å². The molecule has 5 heteroatoms. The van der Waals surface area contributed by atoms with Gasteiger partial charge >= 0.3 is 0 Å². The summed E-state index contributed by atoms with van der Waals surface area (Å²) in [7, 11) is 0. The van der Waals surface area contributed by atoms with Gasteiger partial charge < -0.3 is 10.6 Å². The minimum Gasteiger partial charge on any atom is -0.326 e. The molecule has 0 fully saturated rings. The van der Waals surface area contributed by atoms with E-state index in [0.717, 1.165) is 22.7 Å². The second-order valence-corrected chi connectivity index (χ2v) is 7.77. The predicted octanol–water partition coefficient (Wildman–Crippen LogP) is 5.28. The second-order valence-electron chi connectivity index (χ2n) is 6.35. The highest BCUT2D eigenvalue weighted by atomic mass is 32.2. The minimum absolute atomic E-state index is 0.0170. The Morgan fingerprint density at radius 2 is 1.65 bits per heavy atom. The second kappa shape index (κ2) is 9.43. The first kappa shape index (κ1) is 20.0. The molecule has 0 heterocycles. The maximum Gasteiger partial charge on any atom is 0.237 e. The van der Waals surface area contributed by atoms with Crippen molar-refractivity contribution in [2.45, 2.75) is 50.2 Å². The van der Waals surface area contributed by atoms with Gasteiger partial charge in [-0.3, -0.25) is 9.59 Å². The zero-order valence-corrected chi connectivity index (χ0v) is 16.5. The predicted molar refractivity (Wildman–Crippen MR) is 110 cm³/mol. The lowest BCUT2D eigenvalue weighted by atomic mass is 9.97. The van der Waals surface area contributed by atoms with Gasteiger partial charge in [-0.25, -0.2) is 0 Å². The third kappa shape index (κ3) is 5.63. The maximum absolute atomic E-state index is 12.6. The molecule has 0 spiro atoms. The Balaban J connectivity index is 2.01. The van der Waals surface area contributed by atoms with E-state index in [2.05, 4.69) is 30.5 Å². The fourth-order valence-corrected chi connectivity index (χ4v) is 3.44. The van der Waals surface area contributed by atoms with Crippen molar-refractivity contribution in [3.8, 4) is 0 Å². The van der Waals surface area contributed by atoms with Gasteiger partial charge in [0, 0.05) is 23.2 Å². The van der Waals surface area contributed by atoms with Gasteiger partial charge in [0.25, 0.3) is 0 Å². The van der Waals surface area contributed by atoms with Crippen LogP contribution in [0.15, 0.2) is 53.4 Å². The first-order chi connectivity index (χ1) is 12.4. The quantitative estimate of drug-likeness (QED) is 0.652. The van der Waals surface area contributed by atoms with Crippen LogP contribution in [-0.4, -0.2) is 17.1 Å². The molecule has 2 rings (SSSR count). The average Bonchev–Trinajstić information content (AvgIpc) is 2.62. The van der Waals surface area contributed by atoms with Crippen molar-refractivity contribution in [2.75, 3.05) is 10.6 Å². The molecule has 0 aliphatic carbocycles. The van der Waals surface area contributed by atoms with Gasteiger partial charge in [0.2, 0.25) is 11.8 Å². The maximum atomic E-state index is 12.6. The highest BCUT2D eigenvalue weighted by Crippen LogP contribution is 2.29. The Labute approximate surface area is 159 Å². The van der Waals surface area contributed by atoms with E-state index >= 15 is 0 Å². The van der Waals surface area contributed by atoms with Gasteiger partial charge in [0.15, 0.2) is 0 Å². The van der Waals surface area contributed by atoms with Crippen LogP contribution in [0.5, 0.6) is 0 Å². The SMILES string of the molecule is CC[C@@H](C)c1ccccc1NC(=O)[C@H](C)Sc1ccc(NC(C)=O)cc1. The van der Waals surface area contributed by atoms with Crippen molar-refractivity contribution in [3.63, 3.8) is 0 Å². The number of benzene rings is 2. The smallest absolute Gasteiger partial charge is 0.237 e. The molecule has 26 heavy (non-hydrogen) atoms. The van der Waals surface area contributed by atoms with Crippen LogP contribution in [0.25, 0.3) is 0 Å². The number of thioether (sulfide) groups is 1. The molecule has 138 valence electrons. The molecule has 2 aromatic carbocycles. The van der Waals surface area contributed by atoms with Crippen molar-refractivity contribution < 1.29 is 9.59 Å². The van der Waals surface area contributed by atoms with E-state index in [4.69, 9.17) is 0 Å². The molecule has 0 bridgehead atoms. The van der Waals surface area contributed by atoms with Gasteiger partial charge in [-0.15, -0.1) is 11.8 Å². The van der Waals surface area contributed by atoms with Crippen LogP contribution in [-0.2, 0) is 9.59 Å². The minimum atomic E-state index is -0.230. The van der Waals surface area contributed by atoms with Crippen LogP contribution in [0.3, 0.4) is 0 Å². The molecule has 4 nitrogen and oxygen atoms in total. The number of nitrogens with one attached hydrogen (secondary N) is 2. The van der Waals surface area contributed by atoms with Crippen molar-refractivity contribution in [1.29, 1.82) is 0 Å². The number of carbonyl (C=O) groups excluding carboxylic acids is 2. The monoisotopic (exact) mass is 370 g/mol. The Morgan fingerprint density at radius 1 is 1.00 bits per heavy atom. The molecule has 2 atom stereocenters. The summed E-state index contributed by atoms with van der Waals surface area (Å²) in [5.41, 5.74) is 2.81. The number of rotatable bonds is 7. The molecule has 0 aromatic heterocycles. The van der Waals surface area contributed by atoms with Crippen molar-refractivity contribution >= 4 is 35.0 Å². The fraction of sp³-hybridized carbons (Fsp3) is 0.333. The van der Waals surface area contributed by atoms with Crippen LogP contribution in [0.4, 0.5) is 11.4 Å². The van der Waals surface area contributed by atoms with Crippen LogP contribution in [0.1, 0.15) is 45.6 Å². The Kier molecular flexibility index (Phi) is 7.27. The van der Waals surface area contributed by atoms with Gasteiger partial charge in [-0.05, 0) is 55.2 Å². The van der Waals surface area contributed by atoms with E-state index in [9.17, 15) is 9.59 Å². The third-order valence-corrected chi connectivity index (χ3v) is 5.33. The van der Waals surface area contributed by atoms with E-state index < -0.39 is 0 Å². The van der Waals surface area contributed by atoms with Crippen LogP contribution < -0.4 is 10.6 Å². The number of para-hydroxylation sites is 1. The summed E-state index contributed by atoms with van der Waals surface area (Å²) >= 11 is 1.49. The summed E-state index contributed by atoms with van der Waals surface area (Å²) in [5.74, 6) is 0.283. The van der Waals surface area contributed by atoms with E-state index in [1.807, 2.05) is 49.4 Å². The average molecular weight is 371 g/mol. The highest BCUT2D eigenvalue weighted by molar-refractivity contribution is 8.00. The molecule has 0 aliphatic rings. The van der Waals surface area contributed by atoms with Gasteiger partial charge in [0.05, 0.1) is 5.25 Å². The topological polar surface area (TPSA) is 58.2 Å². The van der Waals surface area contributed by atoms with Gasteiger partial charge in [-0.1, -0.05) is 32.0 Å². The summed E-state index contributed by atoms with van der Waals surface area (Å²) in [4.78, 5) is 24.7. The fourth-order valence-electron chi connectivity index (χ4n) is 2.57. The lowest BCUT2D eigenvalue weighted by molar-refractivity contribution is -0.115. The molecule has 0 saturated heterocycles. The lowest BCUT2D eigenvalue weighted by Crippen LogP contribution is -2.23. The first-order valence-corrected chi connectivity index (χ1v) is 9.72. The molecule has 0 unspecified atom stereocenters. The summed E-state index contributed by atoms with van der Waals surface area (Å²) < 4.78 is 0. The van der Waals surface area contributed by atoms with Crippen molar-refractivity contribution in [3.05, 3.63) is 54.1 Å². The number of hydrogen-bond donors (Lipinski definition) is 2. The number of amides is 2. The van der Waals surface area contributed by atoms with Crippen LogP contribution >= 0.6 is 11.8 Å². The Hall–Kier alpha value is -2.27. The zero-order chi connectivity index (χ0) is 19.1. The largest absolute Gasteiger partial charge is 0.326 e. The normalized spacial score (nSPS) is 12.9. The van der Waals surface area contributed by atoms with Crippen molar-refractivity contribution in [1.82, 2.24) is 0 Å². The Morgan fingerprint density at radius 3 is 2.27 bits per heavy atom. The van der Waals surface area contributed by atoms with E-state index in [0.29, 0.717) is 5.92 Å². The van der Waals surface area contributed by atoms with Crippen LogP contribution in [0.2, 0.25) is 0 Å². The van der Waals surface area contributed by atoms with E-state index in [-0.39, 0.29) is 17.1 Å². The summed E-state index contributed by atoms with van der Waals surface area (Å²) in [6.45, 7) is 7.69. The zero-order valence-electron chi connectivity index (χ0n) is 15.7. The van der Waals surface area contributed by atoms with Gasteiger partial charge in [0.1, 0.15) is 0 Å².